The second kappa shape index (κ2) is 5.96. The summed E-state index contributed by atoms with van der Waals surface area (Å²) in [4.78, 5) is 14.3. The van der Waals surface area contributed by atoms with E-state index < -0.39 is 0 Å². The molecule has 0 saturated heterocycles. The Labute approximate surface area is 122 Å². The molecule has 0 saturated carbocycles. The van der Waals surface area contributed by atoms with Gasteiger partial charge in [0.05, 0.1) is 0 Å². The predicted molar refractivity (Wildman–Crippen MR) is 84.0 cm³/mol. The number of amides is 1. The molecule has 1 amide bonds. The maximum absolute atomic E-state index is 12.3. The Hall–Kier alpha value is -1.35. The minimum atomic E-state index is 0.128. The molecule has 3 nitrogen and oxygen atoms in total. The van der Waals surface area contributed by atoms with Crippen molar-refractivity contribution < 1.29 is 4.79 Å². The van der Waals surface area contributed by atoms with E-state index in [-0.39, 0.29) is 11.3 Å². The molecule has 0 bridgehead atoms. The molecule has 3 heteroatoms. The van der Waals surface area contributed by atoms with E-state index in [9.17, 15) is 4.79 Å². The summed E-state index contributed by atoms with van der Waals surface area (Å²) >= 11 is 0. The van der Waals surface area contributed by atoms with Crippen LogP contribution in [0, 0.1) is 5.41 Å². The lowest BCUT2D eigenvalue weighted by Gasteiger charge is -2.38. The number of nitrogens with zero attached hydrogens (tertiary/aromatic N) is 1. The Balaban J connectivity index is 2.25. The standard InChI is InChI=1S/C17H26N2O/c1-5-18-15(17(2,3)4)12-19-14-9-7-6-8-13(14)10-11-16(19)20/h6-9,15,18H,5,10-12H2,1-4H3. The topological polar surface area (TPSA) is 32.3 Å². The molecule has 0 fully saturated rings. The lowest BCUT2D eigenvalue weighted by Crippen LogP contribution is -2.51. The van der Waals surface area contributed by atoms with Crippen LogP contribution in [0.2, 0.25) is 0 Å². The maximum atomic E-state index is 12.3. The van der Waals surface area contributed by atoms with E-state index in [1.165, 1.54) is 5.56 Å². The van der Waals surface area contributed by atoms with Crippen LogP contribution in [-0.4, -0.2) is 25.0 Å². The van der Waals surface area contributed by atoms with Gasteiger partial charge in [-0.05, 0) is 30.0 Å². The zero-order valence-electron chi connectivity index (χ0n) is 13.1. The van der Waals surface area contributed by atoms with Crippen molar-refractivity contribution in [2.45, 2.75) is 46.6 Å². The van der Waals surface area contributed by atoms with Gasteiger partial charge in [-0.25, -0.2) is 0 Å². The molecule has 20 heavy (non-hydrogen) atoms. The number of nitrogens with one attached hydrogen (secondary N) is 1. The highest BCUT2D eigenvalue weighted by atomic mass is 16.2. The van der Waals surface area contributed by atoms with Gasteiger partial charge in [-0.1, -0.05) is 45.9 Å². The van der Waals surface area contributed by atoms with Crippen LogP contribution in [0.1, 0.15) is 39.7 Å². The number of rotatable bonds is 4. The molecule has 1 unspecified atom stereocenters. The lowest BCUT2D eigenvalue weighted by atomic mass is 9.85. The molecule has 0 aromatic heterocycles. The lowest BCUT2D eigenvalue weighted by molar-refractivity contribution is -0.119. The first-order valence-electron chi connectivity index (χ1n) is 7.55. The van der Waals surface area contributed by atoms with Gasteiger partial charge in [-0.15, -0.1) is 0 Å². The monoisotopic (exact) mass is 274 g/mol. The van der Waals surface area contributed by atoms with Crippen LogP contribution >= 0.6 is 0 Å². The summed E-state index contributed by atoms with van der Waals surface area (Å²) in [5, 5.41) is 3.53. The number of hydrogen-bond donors (Lipinski definition) is 1. The van der Waals surface area contributed by atoms with E-state index in [1.54, 1.807) is 0 Å². The summed E-state index contributed by atoms with van der Waals surface area (Å²) in [6.45, 7) is 10.4. The number of benzene rings is 1. The van der Waals surface area contributed by atoms with E-state index in [1.807, 2.05) is 11.0 Å². The van der Waals surface area contributed by atoms with E-state index in [2.05, 4.69) is 51.2 Å². The van der Waals surface area contributed by atoms with Gasteiger partial charge in [-0.2, -0.15) is 0 Å². The van der Waals surface area contributed by atoms with Crippen molar-refractivity contribution in [1.29, 1.82) is 0 Å². The van der Waals surface area contributed by atoms with E-state index in [4.69, 9.17) is 0 Å². The number of aryl methyl sites for hydroxylation is 1. The maximum Gasteiger partial charge on any atom is 0.227 e. The minimum absolute atomic E-state index is 0.128. The Morgan fingerprint density at radius 3 is 2.60 bits per heavy atom. The predicted octanol–water partition coefficient (Wildman–Crippen LogP) is 2.99. The van der Waals surface area contributed by atoms with Crippen LogP contribution in [0.25, 0.3) is 0 Å². The van der Waals surface area contributed by atoms with Crippen molar-refractivity contribution >= 4 is 11.6 Å². The van der Waals surface area contributed by atoms with Gasteiger partial charge in [-0.3, -0.25) is 4.79 Å². The largest absolute Gasteiger partial charge is 0.312 e. The molecule has 110 valence electrons. The second-order valence-electron chi connectivity index (χ2n) is 6.61. The number of carbonyl (C=O) groups is 1. The number of para-hydroxylation sites is 1. The molecule has 1 heterocycles. The van der Waals surface area contributed by atoms with Crippen molar-refractivity contribution in [3.05, 3.63) is 29.8 Å². The number of fused-ring (bicyclic) bond motifs is 1. The first-order valence-corrected chi connectivity index (χ1v) is 7.55. The minimum Gasteiger partial charge on any atom is -0.312 e. The third-order valence-electron chi connectivity index (χ3n) is 4.05. The van der Waals surface area contributed by atoms with Crippen LogP contribution in [-0.2, 0) is 11.2 Å². The zero-order valence-corrected chi connectivity index (χ0v) is 13.1. The second-order valence-corrected chi connectivity index (χ2v) is 6.61. The Bertz CT molecular complexity index is 476. The molecule has 1 aliphatic rings. The van der Waals surface area contributed by atoms with Crippen molar-refractivity contribution in [2.24, 2.45) is 5.41 Å². The molecule has 2 rings (SSSR count). The third kappa shape index (κ3) is 3.21. The fraction of sp³-hybridized carbons (Fsp3) is 0.588. The third-order valence-corrected chi connectivity index (χ3v) is 4.05. The molecule has 1 atom stereocenters. The number of hydrogen-bond acceptors (Lipinski definition) is 2. The molecule has 1 N–H and O–H groups in total. The fourth-order valence-electron chi connectivity index (χ4n) is 2.77. The average molecular weight is 274 g/mol. The number of carbonyl (C=O) groups excluding carboxylic acids is 1. The number of likely N-dealkylation sites (N-methyl/N-ethyl adjacent to an activating group) is 1. The first-order chi connectivity index (χ1) is 9.43. The van der Waals surface area contributed by atoms with Crippen LogP contribution in [0.15, 0.2) is 24.3 Å². The summed E-state index contributed by atoms with van der Waals surface area (Å²) in [7, 11) is 0. The van der Waals surface area contributed by atoms with Gasteiger partial charge in [0.1, 0.15) is 0 Å². The highest BCUT2D eigenvalue weighted by Crippen LogP contribution is 2.29. The van der Waals surface area contributed by atoms with Gasteiger partial charge >= 0.3 is 0 Å². The van der Waals surface area contributed by atoms with E-state index in [0.29, 0.717) is 12.5 Å². The highest BCUT2D eigenvalue weighted by Gasteiger charge is 2.31. The molecule has 1 aromatic rings. The highest BCUT2D eigenvalue weighted by molar-refractivity contribution is 5.96. The smallest absolute Gasteiger partial charge is 0.227 e. The Morgan fingerprint density at radius 1 is 1.25 bits per heavy atom. The summed E-state index contributed by atoms with van der Waals surface area (Å²) in [6, 6.07) is 8.57. The van der Waals surface area contributed by atoms with Crippen LogP contribution in [0.4, 0.5) is 5.69 Å². The van der Waals surface area contributed by atoms with Crippen molar-refractivity contribution in [3.63, 3.8) is 0 Å². The van der Waals surface area contributed by atoms with Crippen LogP contribution in [0.3, 0.4) is 0 Å². The van der Waals surface area contributed by atoms with Gasteiger partial charge < -0.3 is 10.2 Å². The molecule has 1 aliphatic heterocycles. The van der Waals surface area contributed by atoms with E-state index >= 15 is 0 Å². The average Bonchev–Trinajstić information content (AvgIpc) is 2.40. The number of anilines is 1. The van der Waals surface area contributed by atoms with E-state index in [0.717, 1.165) is 25.2 Å². The summed E-state index contributed by atoms with van der Waals surface area (Å²) in [5.74, 6) is 0.246. The van der Waals surface area contributed by atoms with Crippen molar-refractivity contribution in [3.8, 4) is 0 Å². The Kier molecular flexibility index (Phi) is 4.48. The van der Waals surface area contributed by atoms with Gasteiger partial charge in [0, 0.05) is 24.7 Å². The normalized spacial score (nSPS) is 17.0. The molecule has 0 spiro atoms. The summed E-state index contributed by atoms with van der Waals surface area (Å²) in [6.07, 6.45) is 1.49. The molecule has 1 aromatic carbocycles. The first kappa shape index (κ1) is 15.0. The molecule has 0 aliphatic carbocycles. The zero-order chi connectivity index (χ0) is 14.8. The van der Waals surface area contributed by atoms with Crippen LogP contribution in [0.5, 0.6) is 0 Å². The fourth-order valence-corrected chi connectivity index (χ4v) is 2.77. The quantitative estimate of drug-likeness (QED) is 0.915. The van der Waals surface area contributed by atoms with Crippen molar-refractivity contribution in [2.75, 3.05) is 18.0 Å². The van der Waals surface area contributed by atoms with Gasteiger partial charge in [0.25, 0.3) is 0 Å². The molecular weight excluding hydrogens is 248 g/mol. The molecule has 0 radical (unpaired) electrons. The SMILES string of the molecule is CCNC(CN1C(=O)CCc2ccccc21)C(C)(C)C. The molecular formula is C17H26N2O. The van der Waals surface area contributed by atoms with Crippen LogP contribution < -0.4 is 10.2 Å². The van der Waals surface area contributed by atoms with Gasteiger partial charge in [0.15, 0.2) is 0 Å². The van der Waals surface area contributed by atoms with Gasteiger partial charge in [0.2, 0.25) is 5.91 Å². The Morgan fingerprint density at radius 2 is 1.95 bits per heavy atom. The summed E-state index contributed by atoms with van der Waals surface area (Å²) < 4.78 is 0. The summed E-state index contributed by atoms with van der Waals surface area (Å²) in [5.41, 5.74) is 2.51. The van der Waals surface area contributed by atoms with Crippen molar-refractivity contribution in [1.82, 2.24) is 5.32 Å².